The molecule has 1 aliphatic carbocycles. The Morgan fingerprint density at radius 1 is 1.05 bits per heavy atom. The van der Waals surface area contributed by atoms with Crippen molar-refractivity contribution >= 4 is 0 Å². The summed E-state index contributed by atoms with van der Waals surface area (Å²) in [6.45, 7) is 11.7. The summed E-state index contributed by atoms with van der Waals surface area (Å²) in [5.74, 6) is 1.68. The van der Waals surface area contributed by atoms with Crippen LogP contribution in [0.25, 0.3) is 0 Å². The Morgan fingerprint density at radius 2 is 1.67 bits per heavy atom. The molecule has 1 atom stereocenters. The normalized spacial score (nSPS) is 24.9. The minimum absolute atomic E-state index is 0.472. The Labute approximate surface area is 131 Å². The van der Waals surface area contributed by atoms with Gasteiger partial charge < -0.3 is 5.32 Å². The lowest BCUT2D eigenvalue weighted by molar-refractivity contribution is 0.134. The van der Waals surface area contributed by atoms with Gasteiger partial charge in [-0.2, -0.15) is 0 Å². The van der Waals surface area contributed by atoms with E-state index in [2.05, 4.69) is 65.2 Å². The molecule has 0 saturated heterocycles. The molecule has 21 heavy (non-hydrogen) atoms. The molecule has 1 aliphatic rings. The van der Waals surface area contributed by atoms with Gasteiger partial charge in [0.2, 0.25) is 0 Å². The maximum absolute atomic E-state index is 3.61. The first kappa shape index (κ1) is 16.5. The monoisotopic (exact) mass is 287 g/mol. The van der Waals surface area contributed by atoms with Crippen LogP contribution in [0.15, 0.2) is 18.2 Å². The molecule has 2 rings (SSSR count). The van der Waals surface area contributed by atoms with Gasteiger partial charge in [0.1, 0.15) is 0 Å². The van der Waals surface area contributed by atoms with Crippen molar-refractivity contribution < 1.29 is 0 Å². The zero-order chi connectivity index (χ0) is 15.6. The zero-order valence-electron chi connectivity index (χ0n) is 14.8. The predicted molar refractivity (Wildman–Crippen MR) is 92.6 cm³/mol. The molecule has 1 saturated carbocycles. The average Bonchev–Trinajstić information content (AvgIpc) is 2.43. The molecule has 1 aromatic carbocycles. The average molecular weight is 287 g/mol. The molecule has 0 spiro atoms. The van der Waals surface area contributed by atoms with Crippen LogP contribution >= 0.6 is 0 Å². The third kappa shape index (κ3) is 3.88. The van der Waals surface area contributed by atoms with Crippen LogP contribution < -0.4 is 5.32 Å². The van der Waals surface area contributed by atoms with E-state index in [1.165, 1.54) is 42.4 Å². The van der Waals surface area contributed by atoms with Crippen LogP contribution in [0.5, 0.6) is 0 Å². The minimum atomic E-state index is 0.472. The topological polar surface area (TPSA) is 12.0 Å². The zero-order valence-corrected chi connectivity index (χ0v) is 14.8. The first-order valence-corrected chi connectivity index (χ1v) is 8.57. The SMILES string of the molecule is CNC(c1cc(C)ccc1C)C1CCC(C(C)(C)C)CC1. The van der Waals surface area contributed by atoms with Crippen molar-refractivity contribution in [1.82, 2.24) is 5.32 Å². The van der Waals surface area contributed by atoms with Crippen molar-refractivity contribution in [3.8, 4) is 0 Å². The van der Waals surface area contributed by atoms with E-state index in [1.807, 2.05) is 0 Å². The molecule has 0 radical (unpaired) electrons. The van der Waals surface area contributed by atoms with Gasteiger partial charge in [-0.1, -0.05) is 44.5 Å². The van der Waals surface area contributed by atoms with E-state index in [-0.39, 0.29) is 0 Å². The number of hydrogen-bond acceptors (Lipinski definition) is 1. The Kier molecular flexibility index (Phi) is 5.14. The third-order valence-electron chi connectivity index (χ3n) is 5.55. The number of aryl methyl sites for hydroxylation is 2. The van der Waals surface area contributed by atoms with Gasteiger partial charge in [0.05, 0.1) is 0 Å². The van der Waals surface area contributed by atoms with Crippen LogP contribution in [0.3, 0.4) is 0 Å². The fourth-order valence-corrected chi connectivity index (χ4v) is 4.06. The summed E-state index contributed by atoms with van der Waals surface area (Å²) >= 11 is 0. The molecule has 118 valence electrons. The maximum Gasteiger partial charge on any atom is 0.0348 e. The van der Waals surface area contributed by atoms with E-state index < -0.39 is 0 Å². The fourth-order valence-electron chi connectivity index (χ4n) is 4.06. The molecule has 1 unspecified atom stereocenters. The highest BCUT2D eigenvalue weighted by Crippen LogP contribution is 2.43. The van der Waals surface area contributed by atoms with Gasteiger partial charge in [-0.05, 0) is 75.0 Å². The molecule has 1 aromatic rings. The van der Waals surface area contributed by atoms with E-state index in [4.69, 9.17) is 0 Å². The van der Waals surface area contributed by atoms with Crippen LogP contribution in [0, 0.1) is 31.1 Å². The molecule has 0 bridgehead atoms. The van der Waals surface area contributed by atoms with Crippen LogP contribution in [-0.4, -0.2) is 7.05 Å². The molecule has 0 amide bonds. The van der Waals surface area contributed by atoms with Crippen LogP contribution in [0.1, 0.15) is 69.2 Å². The lowest BCUT2D eigenvalue weighted by Crippen LogP contribution is -2.32. The predicted octanol–water partition coefficient (Wildman–Crippen LogP) is 5.42. The second-order valence-electron chi connectivity index (χ2n) is 8.10. The van der Waals surface area contributed by atoms with Crippen molar-refractivity contribution in [1.29, 1.82) is 0 Å². The van der Waals surface area contributed by atoms with Crippen molar-refractivity contribution in [2.24, 2.45) is 17.3 Å². The summed E-state index contributed by atoms with van der Waals surface area (Å²) in [4.78, 5) is 0. The summed E-state index contributed by atoms with van der Waals surface area (Å²) in [5, 5.41) is 3.61. The molecule has 1 N–H and O–H groups in total. The van der Waals surface area contributed by atoms with Crippen molar-refractivity contribution in [3.63, 3.8) is 0 Å². The van der Waals surface area contributed by atoms with E-state index >= 15 is 0 Å². The van der Waals surface area contributed by atoms with Crippen molar-refractivity contribution in [2.75, 3.05) is 7.05 Å². The van der Waals surface area contributed by atoms with Gasteiger partial charge in [0.25, 0.3) is 0 Å². The summed E-state index contributed by atoms with van der Waals surface area (Å²) in [6.07, 6.45) is 5.50. The molecular weight excluding hydrogens is 254 g/mol. The van der Waals surface area contributed by atoms with Crippen LogP contribution in [0.4, 0.5) is 0 Å². The summed E-state index contributed by atoms with van der Waals surface area (Å²) < 4.78 is 0. The quantitative estimate of drug-likeness (QED) is 0.783. The van der Waals surface area contributed by atoms with Crippen molar-refractivity contribution in [3.05, 3.63) is 34.9 Å². The molecular formula is C20H33N. The molecule has 1 nitrogen and oxygen atoms in total. The van der Waals surface area contributed by atoms with Crippen LogP contribution in [-0.2, 0) is 0 Å². The van der Waals surface area contributed by atoms with Gasteiger partial charge in [-0.15, -0.1) is 0 Å². The Hall–Kier alpha value is -0.820. The fraction of sp³-hybridized carbons (Fsp3) is 0.700. The largest absolute Gasteiger partial charge is 0.313 e. The lowest BCUT2D eigenvalue weighted by Gasteiger charge is -2.40. The maximum atomic E-state index is 3.61. The first-order chi connectivity index (χ1) is 9.82. The summed E-state index contributed by atoms with van der Waals surface area (Å²) in [7, 11) is 2.13. The number of hydrogen-bond donors (Lipinski definition) is 1. The van der Waals surface area contributed by atoms with Crippen molar-refractivity contribution in [2.45, 2.75) is 66.3 Å². The molecule has 1 fully saturated rings. The van der Waals surface area contributed by atoms with Gasteiger partial charge in [0.15, 0.2) is 0 Å². The number of rotatable bonds is 3. The Bertz CT molecular complexity index is 461. The molecule has 0 aliphatic heterocycles. The van der Waals surface area contributed by atoms with E-state index in [0.29, 0.717) is 11.5 Å². The van der Waals surface area contributed by atoms with Crippen LogP contribution in [0.2, 0.25) is 0 Å². The van der Waals surface area contributed by atoms with Gasteiger partial charge >= 0.3 is 0 Å². The third-order valence-corrected chi connectivity index (χ3v) is 5.55. The summed E-state index contributed by atoms with van der Waals surface area (Å²) in [5.41, 5.74) is 4.79. The minimum Gasteiger partial charge on any atom is -0.313 e. The highest BCUT2D eigenvalue weighted by atomic mass is 14.9. The second-order valence-corrected chi connectivity index (χ2v) is 8.10. The van der Waals surface area contributed by atoms with Gasteiger partial charge in [-0.3, -0.25) is 0 Å². The summed E-state index contributed by atoms with van der Waals surface area (Å²) in [6, 6.07) is 7.40. The standard InChI is InChI=1S/C20H33N/c1-14-7-8-15(2)18(13-14)19(21-6)16-9-11-17(12-10-16)20(3,4)5/h7-8,13,16-17,19,21H,9-12H2,1-6H3. The molecule has 0 aromatic heterocycles. The van der Waals surface area contributed by atoms with E-state index in [1.54, 1.807) is 0 Å². The number of nitrogens with one attached hydrogen (secondary N) is 1. The molecule has 0 heterocycles. The highest BCUT2D eigenvalue weighted by molar-refractivity contribution is 5.33. The smallest absolute Gasteiger partial charge is 0.0348 e. The first-order valence-electron chi connectivity index (χ1n) is 8.57. The second kappa shape index (κ2) is 6.52. The van der Waals surface area contributed by atoms with Gasteiger partial charge in [0, 0.05) is 6.04 Å². The lowest BCUT2D eigenvalue weighted by atomic mass is 9.68. The highest BCUT2D eigenvalue weighted by Gasteiger charge is 2.33. The Balaban J connectivity index is 2.11. The molecule has 1 heteroatoms. The van der Waals surface area contributed by atoms with Gasteiger partial charge in [-0.25, -0.2) is 0 Å². The Morgan fingerprint density at radius 3 is 2.19 bits per heavy atom. The number of benzene rings is 1. The van der Waals surface area contributed by atoms with E-state index in [0.717, 1.165) is 11.8 Å². The van der Waals surface area contributed by atoms with E-state index in [9.17, 15) is 0 Å².